The molecule has 0 saturated heterocycles. The van der Waals surface area contributed by atoms with E-state index in [1.807, 2.05) is 6.92 Å². The van der Waals surface area contributed by atoms with Crippen molar-refractivity contribution in [3.8, 4) is 0 Å². The summed E-state index contributed by atoms with van der Waals surface area (Å²) in [5.74, 6) is 3.00. The largest absolute Gasteiger partial charge is 0.396 e. The quantitative estimate of drug-likeness (QED) is 0.0654. The molecule has 52 heavy (non-hydrogen) atoms. The maximum absolute atomic E-state index is 12.2. The SMILES string of the molecule is CC(=O)[C@H]1CC[C@H]2[C@@H]3CC=C4C[C@@H](O)CC[C@]4(C)[C@H]3CC[C@]12C.CCCCCCCCCCCCCCCCCCCCCCCCCCCCO. The fourth-order valence-corrected chi connectivity index (χ4v) is 11.7. The van der Waals surface area contributed by atoms with E-state index >= 15 is 0 Å². The van der Waals surface area contributed by atoms with Gasteiger partial charge < -0.3 is 10.2 Å². The van der Waals surface area contributed by atoms with Gasteiger partial charge in [0.2, 0.25) is 0 Å². The van der Waals surface area contributed by atoms with E-state index in [1.54, 1.807) is 5.57 Å². The average Bonchev–Trinajstić information content (AvgIpc) is 3.50. The molecule has 4 aliphatic carbocycles. The van der Waals surface area contributed by atoms with E-state index in [1.165, 1.54) is 186 Å². The second kappa shape index (κ2) is 26.2. The zero-order valence-corrected chi connectivity index (χ0v) is 35.5. The van der Waals surface area contributed by atoms with E-state index in [-0.39, 0.29) is 11.5 Å². The first-order valence-corrected chi connectivity index (χ1v) is 23.8. The maximum Gasteiger partial charge on any atom is 0.133 e. The second-order valence-electron chi connectivity index (χ2n) is 19.0. The van der Waals surface area contributed by atoms with E-state index in [2.05, 4.69) is 26.8 Å². The van der Waals surface area contributed by atoms with Crippen LogP contribution < -0.4 is 0 Å². The van der Waals surface area contributed by atoms with E-state index in [9.17, 15) is 9.90 Å². The van der Waals surface area contributed by atoms with Crippen LogP contribution in [0.4, 0.5) is 0 Å². The van der Waals surface area contributed by atoms with Crippen LogP contribution in [0.3, 0.4) is 0 Å². The molecule has 0 aromatic carbocycles. The standard InChI is InChI=1S/C28H58O.C21H32O2/c1-2-3-4-5-6-7-8-9-10-11-12-13-14-15-16-17-18-19-20-21-22-23-24-25-26-27-28-29;1-13(22)17-6-7-18-16-5-4-14-12-15(23)8-10-20(14,2)19(16)9-11-21(17,18)3/h29H,2-28H2,1H3;4,15-19,23H,5-12H2,1-3H3/t;15-,16-,17+,18-,19-,20-,21+/m.0/s1. The third-order valence-electron chi connectivity index (χ3n) is 15.1. The van der Waals surface area contributed by atoms with Crippen LogP contribution >= 0.6 is 0 Å². The predicted molar refractivity (Wildman–Crippen MR) is 225 cm³/mol. The molecule has 3 heteroatoms. The molecule has 0 spiro atoms. The molecule has 0 heterocycles. The first kappa shape index (κ1) is 45.7. The van der Waals surface area contributed by atoms with Gasteiger partial charge in [-0.25, -0.2) is 0 Å². The Balaban J connectivity index is 0.000000285. The first-order valence-electron chi connectivity index (χ1n) is 23.8. The van der Waals surface area contributed by atoms with Gasteiger partial charge in [0.1, 0.15) is 5.78 Å². The number of aliphatic hydroxyl groups excluding tert-OH is 2. The summed E-state index contributed by atoms with van der Waals surface area (Å²) in [5, 5.41) is 18.8. The molecular formula is C49H90O3. The van der Waals surface area contributed by atoms with E-state index in [0.717, 1.165) is 49.9 Å². The Morgan fingerprint density at radius 3 is 1.48 bits per heavy atom. The van der Waals surface area contributed by atoms with Crippen LogP contribution in [0.1, 0.15) is 246 Å². The van der Waals surface area contributed by atoms with Gasteiger partial charge in [0.05, 0.1) is 6.10 Å². The van der Waals surface area contributed by atoms with Crippen molar-refractivity contribution in [1.82, 2.24) is 0 Å². The number of unbranched alkanes of at least 4 members (excludes halogenated alkanes) is 25. The number of allylic oxidation sites excluding steroid dienone is 1. The lowest BCUT2D eigenvalue weighted by Crippen LogP contribution is -2.50. The van der Waals surface area contributed by atoms with Crippen molar-refractivity contribution in [2.24, 2.45) is 34.5 Å². The Morgan fingerprint density at radius 1 is 0.615 bits per heavy atom. The zero-order valence-electron chi connectivity index (χ0n) is 35.5. The summed E-state index contributed by atoms with van der Waals surface area (Å²) in [6, 6.07) is 0. The van der Waals surface area contributed by atoms with Gasteiger partial charge >= 0.3 is 0 Å². The minimum atomic E-state index is -0.117. The van der Waals surface area contributed by atoms with E-state index in [4.69, 9.17) is 5.11 Å². The van der Waals surface area contributed by atoms with Gasteiger partial charge in [0, 0.05) is 12.5 Å². The molecule has 4 aliphatic rings. The van der Waals surface area contributed by atoms with Crippen molar-refractivity contribution in [3.63, 3.8) is 0 Å². The molecule has 0 unspecified atom stereocenters. The molecule has 0 aliphatic heterocycles. The summed E-state index contributed by atoms with van der Waals surface area (Å²) >= 11 is 0. The number of aliphatic hydroxyl groups is 2. The van der Waals surface area contributed by atoms with Gasteiger partial charge in [-0.1, -0.05) is 193 Å². The van der Waals surface area contributed by atoms with Crippen LogP contribution in [0, 0.1) is 34.5 Å². The smallest absolute Gasteiger partial charge is 0.133 e. The normalized spacial score (nSPS) is 29.4. The fourth-order valence-electron chi connectivity index (χ4n) is 11.7. The summed E-state index contributed by atoms with van der Waals surface area (Å²) in [7, 11) is 0. The molecule has 3 nitrogen and oxygen atoms in total. The number of carbonyl (C=O) groups is 1. The number of fused-ring (bicyclic) bond motifs is 5. The molecule has 0 aromatic heterocycles. The van der Waals surface area contributed by atoms with Gasteiger partial charge in [0.25, 0.3) is 0 Å². The van der Waals surface area contributed by atoms with Crippen LogP contribution in [0.5, 0.6) is 0 Å². The van der Waals surface area contributed by atoms with E-state index < -0.39 is 0 Å². The molecule has 3 fully saturated rings. The summed E-state index contributed by atoms with van der Waals surface area (Å²) in [4.78, 5) is 12.2. The van der Waals surface area contributed by atoms with Crippen LogP contribution in [0.2, 0.25) is 0 Å². The number of hydrogen-bond acceptors (Lipinski definition) is 3. The van der Waals surface area contributed by atoms with Crippen molar-refractivity contribution in [3.05, 3.63) is 11.6 Å². The predicted octanol–water partition coefficient (Wildman–Crippen LogP) is 14.7. The maximum atomic E-state index is 12.2. The lowest BCUT2D eigenvalue weighted by molar-refractivity contribution is -0.127. The monoisotopic (exact) mass is 727 g/mol. The van der Waals surface area contributed by atoms with Gasteiger partial charge in [-0.2, -0.15) is 0 Å². The fraction of sp³-hybridized carbons (Fsp3) is 0.939. The molecule has 304 valence electrons. The minimum absolute atomic E-state index is 0.117. The highest BCUT2D eigenvalue weighted by Gasteiger charge is 2.59. The summed E-state index contributed by atoms with van der Waals surface area (Å²) < 4.78 is 0. The van der Waals surface area contributed by atoms with Crippen LogP contribution in [-0.4, -0.2) is 28.7 Å². The Hall–Kier alpha value is -0.670. The molecule has 3 saturated carbocycles. The van der Waals surface area contributed by atoms with E-state index in [0.29, 0.717) is 23.7 Å². The molecule has 4 rings (SSSR count). The van der Waals surface area contributed by atoms with Crippen LogP contribution in [0.25, 0.3) is 0 Å². The van der Waals surface area contributed by atoms with Gasteiger partial charge in [-0.3, -0.25) is 4.79 Å². The zero-order chi connectivity index (χ0) is 37.5. The number of hydrogen-bond donors (Lipinski definition) is 2. The van der Waals surface area contributed by atoms with Crippen molar-refractivity contribution >= 4 is 5.78 Å². The molecule has 2 N–H and O–H groups in total. The third-order valence-corrected chi connectivity index (χ3v) is 15.1. The number of rotatable bonds is 27. The minimum Gasteiger partial charge on any atom is -0.396 e. The molecule has 0 amide bonds. The molecule has 0 bridgehead atoms. The topological polar surface area (TPSA) is 57.5 Å². The van der Waals surface area contributed by atoms with Gasteiger partial charge in [0.15, 0.2) is 0 Å². The number of ketones is 1. The molecule has 0 radical (unpaired) electrons. The molecule has 7 atom stereocenters. The summed E-state index contributed by atoms with van der Waals surface area (Å²) in [6.07, 6.45) is 48.5. The summed E-state index contributed by atoms with van der Waals surface area (Å²) in [5.41, 5.74) is 2.11. The summed E-state index contributed by atoms with van der Waals surface area (Å²) in [6.45, 7) is 9.38. The Labute approximate surface area is 324 Å². The lowest BCUT2D eigenvalue weighted by atomic mass is 9.47. The van der Waals surface area contributed by atoms with Crippen molar-refractivity contribution in [2.45, 2.75) is 252 Å². The highest BCUT2D eigenvalue weighted by molar-refractivity contribution is 5.79. The molecular weight excluding hydrogens is 637 g/mol. The molecule has 0 aromatic rings. The second-order valence-corrected chi connectivity index (χ2v) is 19.0. The van der Waals surface area contributed by atoms with Crippen LogP contribution in [0.15, 0.2) is 11.6 Å². The Kier molecular flexibility index (Phi) is 23.1. The first-order chi connectivity index (χ1) is 25.3. The van der Waals surface area contributed by atoms with Crippen molar-refractivity contribution in [2.75, 3.05) is 6.61 Å². The van der Waals surface area contributed by atoms with Crippen molar-refractivity contribution in [1.29, 1.82) is 0 Å². The van der Waals surface area contributed by atoms with Crippen LogP contribution in [-0.2, 0) is 4.79 Å². The van der Waals surface area contributed by atoms with Gasteiger partial charge in [-0.15, -0.1) is 0 Å². The highest BCUT2D eigenvalue weighted by Crippen LogP contribution is 2.66. The third kappa shape index (κ3) is 15.1. The number of carbonyl (C=O) groups excluding carboxylic acids is 1. The van der Waals surface area contributed by atoms with Gasteiger partial charge in [-0.05, 0) is 93.3 Å². The number of Topliss-reactive ketones (excluding diaryl/α,β-unsaturated/α-hetero) is 1. The van der Waals surface area contributed by atoms with Crippen molar-refractivity contribution < 1.29 is 15.0 Å². The lowest BCUT2D eigenvalue weighted by Gasteiger charge is -2.57. The highest BCUT2D eigenvalue weighted by atomic mass is 16.3. The Morgan fingerprint density at radius 2 is 1.06 bits per heavy atom. The average molecular weight is 727 g/mol. The Bertz CT molecular complexity index is 930.